The average Bonchev–Trinajstić information content (AvgIpc) is 2.64. The van der Waals surface area contributed by atoms with E-state index in [1.165, 1.54) is 0 Å². The summed E-state index contributed by atoms with van der Waals surface area (Å²) in [5.74, 6) is -2.72. The summed E-state index contributed by atoms with van der Waals surface area (Å²) in [5, 5.41) is 0.0896. The number of esters is 2. The molecule has 168 valence electrons. The van der Waals surface area contributed by atoms with Crippen LogP contribution < -0.4 is 0 Å². The lowest BCUT2D eigenvalue weighted by Gasteiger charge is -2.38. The fourth-order valence-corrected chi connectivity index (χ4v) is 4.26. The number of benzene rings is 1. The minimum Gasteiger partial charge on any atom is -0.465 e. The standard InChI is InChI=1S/C24H38O5Si/c1-9-27-22(25)21(23(26)28-10-2)20(19-14-12-11-13-15-19)17-16-18(3)29-30(7,8)24(4,5)6/h11-18,20-21H,9-10H2,1-8H3/t18-,20-/m0/s1. The van der Waals surface area contributed by atoms with Gasteiger partial charge in [-0.15, -0.1) is 0 Å². The SMILES string of the molecule is CCOC(=O)C(C(=O)OCC)[C@@H](C=C[C@H](C)O[Si](C)(C)C(C)(C)C)c1ccccc1. The highest BCUT2D eigenvalue weighted by atomic mass is 28.4. The topological polar surface area (TPSA) is 61.8 Å². The van der Waals surface area contributed by atoms with E-state index in [2.05, 4.69) is 33.9 Å². The predicted molar refractivity (Wildman–Crippen MR) is 123 cm³/mol. The molecule has 0 saturated carbocycles. The van der Waals surface area contributed by atoms with Crippen molar-refractivity contribution in [2.24, 2.45) is 5.92 Å². The molecule has 0 aliphatic heterocycles. The van der Waals surface area contributed by atoms with E-state index in [-0.39, 0.29) is 24.4 Å². The highest BCUT2D eigenvalue weighted by Crippen LogP contribution is 2.37. The van der Waals surface area contributed by atoms with Crippen molar-refractivity contribution in [2.75, 3.05) is 13.2 Å². The van der Waals surface area contributed by atoms with Gasteiger partial charge in [-0.3, -0.25) is 9.59 Å². The molecule has 0 aliphatic rings. The number of rotatable bonds is 10. The van der Waals surface area contributed by atoms with Crippen molar-refractivity contribution in [3.05, 3.63) is 48.0 Å². The van der Waals surface area contributed by atoms with Crippen LogP contribution in [0.5, 0.6) is 0 Å². The lowest BCUT2D eigenvalue weighted by atomic mass is 9.85. The molecule has 0 spiro atoms. The largest absolute Gasteiger partial charge is 0.465 e. The van der Waals surface area contributed by atoms with Crippen LogP contribution in [0, 0.1) is 5.92 Å². The minimum absolute atomic E-state index is 0.0896. The zero-order valence-corrected chi connectivity index (χ0v) is 20.7. The van der Waals surface area contributed by atoms with Crippen LogP contribution in [-0.2, 0) is 23.5 Å². The van der Waals surface area contributed by atoms with Gasteiger partial charge < -0.3 is 13.9 Å². The maximum absolute atomic E-state index is 12.7. The fraction of sp³-hybridized carbons (Fsp3) is 0.583. The lowest BCUT2D eigenvalue weighted by Crippen LogP contribution is -2.43. The zero-order valence-electron chi connectivity index (χ0n) is 19.7. The van der Waals surface area contributed by atoms with Crippen LogP contribution in [-0.4, -0.2) is 39.6 Å². The van der Waals surface area contributed by atoms with E-state index in [1.807, 2.05) is 49.4 Å². The Bertz CT molecular complexity index is 688. The molecule has 0 heterocycles. The summed E-state index contributed by atoms with van der Waals surface area (Å²) < 4.78 is 16.8. The normalized spacial score (nSPS) is 14.6. The van der Waals surface area contributed by atoms with Gasteiger partial charge in [0.25, 0.3) is 0 Å². The zero-order chi connectivity index (χ0) is 22.9. The van der Waals surface area contributed by atoms with Crippen LogP contribution in [0.4, 0.5) is 0 Å². The van der Waals surface area contributed by atoms with Crippen molar-refractivity contribution in [3.8, 4) is 0 Å². The first kappa shape index (κ1) is 26.1. The van der Waals surface area contributed by atoms with E-state index in [9.17, 15) is 9.59 Å². The molecule has 0 radical (unpaired) electrons. The van der Waals surface area contributed by atoms with Gasteiger partial charge in [0.05, 0.1) is 19.3 Å². The first-order valence-electron chi connectivity index (χ1n) is 10.7. The number of hydrogen-bond acceptors (Lipinski definition) is 5. The molecule has 0 aromatic heterocycles. The highest BCUT2D eigenvalue weighted by Gasteiger charge is 2.39. The lowest BCUT2D eigenvalue weighted by molar-refractivity contribution is -0.162. The van der Waals surface area contributed by atoms with E-state index in [1.54, 1.807) is 13.8 Å². The van der Waals surface area contributed by atoms with Crippen LogP contribution in [0.1, 0.15) is 53.0 Å². The molecule has 1 aromatic carbocycles. The molecule has 5 nitrogen and oxygen atoms in total. The quantitative estimate of drug-likeness (QED) is 0.211. The molecule has 0 N–H and O–H groups in total. The van der Waals surface area contributed by atoms with Crippen LogP contribution in [0.25, 0.3) is 0 Å². The molecule has 1 rings (SSSR count). The summed E-state index contributed by atoms with van der Waals surface area (Å²) in [6.45, 7) is 16.8. The highest BCUT2D eigenvalue weighted by molar-refractivity contribution is 6.74. The van der Waals surface area contributed by atoms with Gasteiger partial charge in [0.1, 0.15) is 0 Å². The number of ether oxygens (including phenoxy) is 2. The Hall–Kier alpha value is -1.92. The Morgan fingerprint density at radius 3 is 1.90 bits per heavy atom. The van der Waals surface area contributed by atoms with Crippen LogP contribution in [0.15, 0.2) is 42.5 Å². The molecule has 0 fully saturated rings. The first-order valence-corrected chi connectivity index (χ1v) is 13.6. The molecule has 0 aliphatic carbocycles. The van der Waals surface area contributed by atoms with Gasteiger partial charge in [0.2, 0.25) is 0 Å². The van der Waals surface area contributed by atoms with Crippen LogP contribution in [0.3, 0.4) is 0 Å². The monoisotopic (exact) mass is 434 g/mol. The molecule has 30 heavy (non-hydrogen) atoms. The summed E-state index contributed by atoms with van der Waals surface area (Å²) >= 11 is 0. The van der Waals surface area contributed by atoms with Gasteiger partial charge in [-0.05, 0) is 44.5 Å². The van der Waals surface area contributed by atoms with Gasteiger partial charge in [-0.1, -0.05) is 63.3 Å². The smallest absolute Gasteiger partial charge is 0.321 e. The first-order chi connectivity index (χ1) is 13.9. The third-order valence-electron chi connectivity index (χ3n) is 5.50. The maximum Gasteiger partial charge on any atom is 0.321 e. The number of allylic oxidation sites excluding steroid dienone is 1. The molecule has 6 heteroatoms. The molecular weight excluding hydrogens is 396 g/mol. The number of hydrogen-bond donors (Lipinski definition) is 0. The Morgan fingerprint density at radius 2 is 1.47 bits per heavy atom. The Balaban J connectivity index is 3.26. The summed E-state index contributed by atoms with van der Waals surface area (Å²) in [4.78, 5) is 25.4. The second-order valence-corrected chi connectivity index (χ2v) is 13.6. The maximum atomic E-state index is 12.7. The van der Waals surface area contributed by atoms with Gasteiger partial charge in [0, 0.05) is 5.92 Å². The van der Waals surface area contributed by atoms with Gasteiger partial charge in [0.15, 0.2) is 14.2 Å². The van der Waals surface area contributed by atoms with Crippen molar-refractivity contribution in [1.82, 2.24) is 0 Å². The fourth-order valence-electron chi connectivity index (χ4n) is 2.90. The Labute approximate surface area is 182 Å². The molecule has 2 atom stereocenters. The third kappa shape index (κ3) is 7.40. The Morgan fingerprint density at radius 1 is 0.967 bits per heavy atom. The van der Waals surface area contributed by atoms with Gasteiger partial charge in [-0.2, -0.15) is 0 Å². The Kier molecular flexibility index (Phi) is 9.98. The predicted octanol–water partition coefficient (Wildman–Crippen LogP) is 5.48. The molecular formula is C24H38O5Si. The number of carbonyl (C=O) groups is 2. The summed E-state index contributed by atoms with van der Waals surface area (Å²) in [6.07, 6.45) is 3.66. The molecule has 0 saturated heterocycles. The molecule has 0 bridgehead atoms. The van der Waals surface area contributed by atoms with Crippen molar-refractivity contribution in [2.45, 2.75) is 71.7 Å². The van der Waals surface area contributed by atoms with E-state index < -0.39 is 32.1 Å². The van der Waals surface area contributed by atoms with E-state index in [4.69, 9.17) is 13.9 Å². The average molecular weight is 435 g/mol. The van der Waals surface area contributed by atoms with Crippen LogP contribution in [0.2, 0.25) is 18.1 Å². The molecule has 1 aromatic rings. The summed E-state index contributed by atoms with van der Waals surface area (Å²) in [7, 11) is -1.95. The van der Waals surface area contributed by atoms with Crippen molar-refractivity contribution < 1.29 is 23.5 Å². The second-order valence-electron chi connectivity index (χ2n) is 8.89. The molecule has 0 amide bonds. The van der Waals surface area contributed by atoms with Crippen molar-refractivity contribution in [1.29, 1.82) is 0 Å². The summed E-state index contributed by atoms with van der Waals surface area (Å²) in [6, 6.07) is 9.48. The number of carbonyl (C=O) groups excluding carboxylic acids is 2. The van der Waals surface area contributed by atoms with E-state index in [0.717, 1.165) is 5.56 Å². The van der Waals surface area contributed by atoms with Crippen LogP contribution >= 0.6 is 0 Å². The summed E-state index contributed by atoms with van der Waals surface area (Å²) in [5.41, 5.74) is 0.847. The third-order valence-corrected chi connectivity index (χ3v) is 10.1. The minimum atomic E-state index is -1.95. The van der Waals surface area contributed by atoms with Gasteiger partial charge >= 0.3 is 11.9 Å². The van der Waals surface area contributed by atoms with Crippen molar-refractivity contribution >= 4 is 20.3 Å². The van der Waals surface area contributed by atoms with Crippen molar-refractivity contribution in [3.63, 3.8) is 0 Å². The van der Waals surface area contributed by atoms with E-state index >= 15 is 0 Å². The second kappa shape index (κ2) is 11.5. The molecule has 0 unspecified atom stereocenters. The van der Waals surface area contributed by atoms with E-state index in [0.29, 0.717) is 0 Å². The van der Waals surface area contributed by atoms with Gasteiger partial charge in [-0.25, -0.2) is 0 Å².